The summed E-state index contributed by atoms with van der Waals surface area (Å²) in [5.74, 6) is 0. The smallest absolute Gasteiger partial charge is 0.0667 e. The van der Waals surface area contributed by atoms with Gasteiger partial charge in [-0.2, -0.15) is 0 Å². The first-order chi connectivity index (χ1) is 26.7. The number of para-hydroxylation sites is 4. The average Bonchev–Trinajstić information content (AvgIpc) is 3.16. The molecular formula is C36H32N2. The lowest BCUT2D eigenvalue weighted by atomic mass is 9.73. The van der Waals surface area contributed by atoms with Gasteiger partial charge in [-0.25, -0.2) is 0 Å². The molecule has 0 amide bonds. The van der Waals surface area contributed by atoms with Gasteiger partial charge in [0.05, 0.1) is 50.2 Å². The predicted octanol–water partition coefficient (Wildman–Crippen LogP) is 9.90. The molecule has 5 aromatic rings. The molecule has 7 rings (SSSR count). The maximum Gasteiger partial charge on any atom is 0.0667 e. The van der Waals surface area contributed by atoms with Gasteiger partial charge in [0.1, 0.15) is 0 Å². The highest BCUT2D eigenvalue weighted by atomic mass is 15.2. The number of hydrogen-bond acceptors (Lipinski definition) is 2. The van der Waals surface area contributed by atoms with E-state index < -0.39 is 166 Å². The Kier molecular flexibility index (Phi) is 2.15. The number of rotatable bonds is 2. The van der Waals surface area contributed by atoms with E-state index in [9.17, 15) is 4.11 Å². The van der Waals surface area contributed by atoms with Gasteiger partial charge >= 0.3 is 0 Å². The van der Waals surface area contributed by atoms with Gasteiger partial charge in [-0.1, -0.05) is 106 Å². The lowest BCUT2D eigenvalue weighted by Gasteiger charge is -2.43. The van der Waals surface area contributed by atoms with Gasteiger partial charge in [0.2, 0.25) is 0 Å². The number of benzene rings is 5. The van der Waals surface area contributed by atoms with Crippen LogP contribution in [0.3, 0.4) is 0 Å². The zero-order valence-corrected chi connectivity index (χ0v) is 20.9. The van der Waals surface area contributed by atoms with Crippen LogP contribution in [0.4, 0.5) is 34.1 Å². The molecule has 0 atom stereocenters. The SMILES string of the molecule is [2H]c1c([2H])c(N2c3c([2H])c([2H])c([2H])c([2H])c3C(C)(C)c3c([2H])c([2H])c([2H])c([2H])c32)c([2H])c(N2c3c([2H])c([2H])c([2H])c([2H])c3C(C)(C)c3c([2H])c([2H])c([2H])c([2H])c32)c1[2H]. The van der Waals surface area contributed by atoms with E-state index in [0.29, 0.717) is 0 Å². The Balaban J connectivity index is 1.76. The molecule has 0 saturated heterocycles. The van der Waals surface area contributed by atoms with Crippen LogP contribution >= 0.6 is 0 Å². The van der Waals surface area contributed by atoms with Crippen molar-refractivity contribution in [3.05, 3.63) is 143 Å². The van der Waals surface area contributed by atoms with Crippen LogP contribution in [-0.4, -0.2) is 0 Å². The van der Waals surface area contributed by atoms with Crippen molar-refractivity contribution in [3.63, 3.8) is 0 Å². The zero-order chi connectivity index (χ0) is 43.5. The minimum absolute atomic E-state index is 0.184. The Morgan fingerprint density at radius 3 is 1.03 bits per heavy atom. The molecule has 0 aromatic heterocycles. The summed E-state index contributed by atoms with van der Waals surface area (Å²) >= 11 is 0. The van der Waals surface area contributed by atoms with Crippen LogP contribution in [0.2, 0.25) is 0 Å². The Bertz CT molecular complexity index is 2430. The van der Waals surface area contributed by atoms with E-state index in [2.05, 4.69) is 0 Å². The van der Waals surface area contributed by atoms with Crippen LogP contribution in [0, 0.1) is 0 Å². The van der Waals surface area contributed by atoms with Crippen molar-refractivity contribution in [3.8, 4) is 0 Å². The molecule has 0 saturated carbocycles. The fourth-order valence-electron chi connectivity index (χ4n) is 5.17. The molecule has 2 aliphatic rings. The molecule has 0 radical (unpaired) electrons. The van der Waals surface area contributed by atoms with E-state index in [0.717, 1.165) is 9.80 Å². The highest BCUT2D eigenvalue weighted by Gasteiger charge is 2.38. The quantitative estimate of drug-likeness (QED) is 0.232. The van der Waals surface area contributed by atoms with E-state index >= 15 is 0 Å². The van der Waals surface area contributed by atoms with Crippen LogP contribution in [0.15, 0.2) is 121 Å². The lowest BCUT2D eigenvalue weighted by Crippen LogP contribution is -2.31. The number of nitrogens with zero attached hydrogens (tertiary/aromatic N) is 2. The van der Waals surface area contributed by atoms with Crippen molar-refractivity contribution >= 4 is 34.1 Å². The monoisotopic (exact) mass is 512 g/mol. The molecule has 2 heteroatoms. The molecular weight excluding hydrogens is 460 g/mol. The molecule has 0 spiro atoms. The van der Waals surface area contributed by atoms with Crippen LogP contribution in [0.5, 0.6) is 0 Å². The van der Waals surface area contributed by atoms with E-state index in [-0.39, 0.29) is 22.3 Å². The van der Waals surface area contributed by atoms with Crippen molar-refractivity contribution in [1.29, 1.82) is 0 Å². The van der Waals surface area contributed by atoms with Crippen LogP contribution in [-0.2, 0) is 10.8 Å². The molecule has 0 fully saturated rings. The largest absolute Gasteiger partial charge is 0.310 e. The lowest BCUT2D eigenvalue weighted by molar-refractivity contribution is 0.631. The number of hydrogen-bond donors (Lipinski definition) is 0. The Labute approximate surface area is 253 Å². The third-order valence-electron chi connectivity index (χ3n) is 7.11. The van der Waals surface area contributed by atoms with Crippen molar-refractivity contribution in [2.45, 2.75) is 38.5 Å². The van der Waals surface area contributed by atoms with Gasteiger partial charge in [-0.05, 0) is 64.6 Å². The van der Waals surface area contributed by atoms with Gasteiger partial charge in [0, 0.05) is 22.2 Å². The second kappa shape index (κ2) is 8.10. The maximum atomic E-state index is 9.87. The third kappa shape index (κ3) is 3.13. The third-order valence-corrected chi connectivity index (χ3v) is 7.11. The van der Waals surface area contributed by atoms with Crippen molar-refractivity contribution in [1.82, 2.24) is 0 Å². The number of fused-ring (bicyclic) bond motifs is 4. The fraction of sp³-hybridized carbons (Fsp3) is 0.167. The average molecular weight is 513 g/mol. The standard InChI is InChI=1S/C36H32N2/c1-35(2)27-16-5-9-20-31(27)37(32-21-10-6-17-28(32)35)25-14-13-15-26(24-25)38-33-22-11-7-18-29(33)36(3,4)30-19-8-12-23-34(30)38/h5-24H,1-4H3/i5D,6D,7D,8D,9D,10D,11D,12D,13D,14D,15D,16D,17D,18D,19D,20D,21D,22D,23D,24D. The van der Waals surface area contributed by atoms with Crippen molar-refractivity contribution in [2.75, 3.05) is 9.80 Å². The normalized spacial score (nSPS) is 23.6. The van der Waals surface area contributed by atoms with Gasteiger partial charge in [0.25, 0.3) is 0 Å². The summed E-state index contributed by atoms with van der Waals surface area (Å²) in [7, 11) is 0. The Hall–Kier alpha value is -4.30. The van der Waals surface area contributed by atoms with Crippen molar-refractivity contribution in [2.24, 2.45) is 0 Å². The summed E-state index contributed by atoms with van der Waals surface area (Å²) < 4.78 is 179. The fourth-order valence-corrected chi connectivity index (χ4v) is 5.17. The molecule has 0 N–H and O–H groups in total. The summed E-state index contributed by atoms with van der Waals surface area (Å²) in [5.41, 5.74) is -7.05. The molecule has 0 bridgehead atoms. The first kappa shape index (κ1) is 10.1. The van der Waals surface area contributed by atoms with Crippen LogP contribution < -0.4 is 9.80 Å². The van der Waals surface area contributed by atoms with Crippen LogP contribution in [0.25, 0.3) is 0 Å². The minimum Gasteiger partial charge on any atom is -0.310 e. The first-order valence-corrected chi connectivity index (χ1v) is 11.8. The Morgan fingerprint density at radius 1 is 0.421 bits per heavy atom. The summed E-state index contributed by atoms with van der Waals surface area (Å²) in [6.45, 7) is 5.96. The first-order valence-electron chi connectivity index (χ1n) is 21.8. The zero-order valence-electron chi connectivity index (χ0n) is 40.9. The highest BCUT2D eigenvalue weighted by molar-refractivity contribution is 5.90. The molecule has 2 nitrogen and oxygen atoms in total. The van der Waals surface area contributed by atoms with E-state index in [1.54, 1.807) is 0 Å². The van der Waals surface area contributed by atoms with E-state index in [1.165, 1.54) is 27.7 Å². The molecule has 2 aliphatic heterocycles. The molecule has 2 heterocycles. The summed E-state index contributed by atoms with van der Waals surface area (Å²) in [5, 5.41) is 0. The van der Waals surface area contributed by atoms with Gasteiger partial charge < -0.3 is 9.80 Å². The van der Waals surface area contributed by atoms with E-state index in [4.69, 9.17) is 23.3 Å². The predicted molar refractivity (Wildman–Crippen MR) is 160 cm³/mol. The molecule has 0 aliphatic carbocycles. The maximum absolute atomic E-state index is 9.87. The van der Waals surface area contributed by atoms with E-state index in [1.807, 2.05) is 0 Å². The summed E-state index contributed by atoms with van der Waals surface area (Å²) in [4.78, 5) is 1.74. The number of anilines is 6. The summed E-state index contributed by atoms with van der Waals surface area (Å²) in [6, 6.07) is -14.8. The highest BCUT2D eigenvalue weighted by Crippen LogP contribution is 2.54. The topological polar surface area (TPSA) is 6.48 Å². The van der Waals surface area contributed by atoms with Crippen LogP contribution in [0.1, 0.15) is 77.4 Å². The minimum atomic E-state index is -1.58. The molecule has 38 heavy (non-hydrogen) atoms. The molecule has 0 unspecified atom stereocenters. The van der Waals surface area contributed by atoms with Gasteiger partial charge in [-0.15, -0.1) is 0 Å². The van der Waals surface area contributed by atoms with Gasteiger partial charge in [0.15, 0.2) is 0 Å². The summed E-state index contributed by atoms with van der Waals surface area (Å²) in [6.07, 6.45) is 0. The van der Waals surface area contributed by atoms with Crippen molar-refractivity contribution < 1.29 is 27.4 Å². The molecule has 186 valence electrons. The molecule has 5 aromatic carbocycles. The second-order valence-electron chi connectivity index (χ2n) is 10.0. The second-order valence-corrected chi connectivity index (χ2v) is 10.0. The van der Waals surface area contributed by atoms with Gasteiger partial charge in [-0.3, -0.25) is 0 Å². The Morgan fingerprint density at radius 2 is 0.711 bits per heavy atom.